The van der Waals surface area contributed by atoms with Gasteiger partial charge in [-0.1, -0.05) is 48.0 Å². The highest BCUT2D eigenvalue weighted by molar-refractivity contribution is 7.99. The average molecular weight is 477 g/mol. The SMILES string of the molecule is CS[C@H]1OC(c2ccc(Cl)c(Cc3ccc([C@]45CCOCC4C5)cc3)c2)[C@H](O)[C@@H](O)[C@@H]1O. The highest BCUT2D eigenvalue weighted by atomic mass is 35.5. The van der Waals surface area contributed by atoms with Crippen LogP contribution in [0.4, 0.5) is 0 Å². The predicted molar refractivity (Wildman–Crippen MR) is 125 cm³/mol. The van der Waals surface area contributed by atoms with Crippen molar-refractivity contribution >= 4 is 23.4 Å². The Kier molecular flexibility index (Phi) is 6.31. The molecule has 3 fully saturated rings. The molecule has 1 aliphatic carbocycles. The summed E-state index contributed by atoms with van der Waals surface area (Å²) in [5.74, 6) is 0.661. The average Bonchev–Trinajstić information content (AvgIpc) is 3.56. The lowest BCUT2D eigenvalue weighted by molar-refractivity contribution is -0.200. The summed E-state index contributed by atoms with van der Waals surface area (Å²) in [5.41, 5.74) is 3.95. The van der Waals surface area contributed by atoms with E-state index < -0.39 is 29.9 Å². The molecule has 0 aromatic heterocycles. The van der Waals surface area contributed by atoms with E-state index in [-0.39, 0.29) is 0 Å². The van der Waals surface area contributed by atoms with E-state index in [9.17, 15) is 15.3 Å². The number of thioether (sulfide) groups is 1. The molecule has 2 aromatic carbocycles. The number of ether oxygens (including phenoxy) is 2. The Labute approximate surface area is 197 Å². The van der Waals surface area contributed by atoms with Crippen molar-refractivity contribution < 1.29 is 24.8 Å². The molecular formula is C25H29ClO5S. The van der Waals surface area contributed by atoms with Crippen LogP contribution in [0.2, 0.25) is 5.02 Å². The van der Waals surface area contributed by atoms with Crippen molar-refractivity contribution in [2.75, 3.05) is 19.5 Å². The third kappa shape index (κ3) is 4.00. The van der Waals surface area contributed by atoms with Gasteiger partial charge in [-0.25, -0.2) is 0 Å². The van der Waals surface area contributed by atoms with E-state index in [2.05, 4.69) is 24.3 Å². The Morgan fingerprint density at radius 3 is 2.56 bits per heavy atom. The smallest absolute Gasteiger partial charge is 0.132 e. The summed E-state index contributed by atoms with van der Waals surface area (Å²) in [6, 6.07) is 14.4. The molecule has 172 valence electrons. The summed E-state index contributed by atoms with van der Waals surface area (Å²) in [6.45, 7) is 1.72. The summed E-state index contributed by atoms with van der Waals surface area (Å²) in [6.07, 6.45) is 0.433. The molecular weight excluding hydrogens is 448 g/mol. The monoisotopic (exact) mass is 476 g/mol. The summed E-state index contributed by atoms with van der Waals surface area (Å²) < 4.78 is 11.5. The van der Waals surface area contributed by atoms with Crippen LogP contribution in [0.1, 0.15) is 41.2 Å². The van der Waals surface area contributed by atoms with Crippen molar-refractivity contribution in [2.45, 2.75) is 54.5 Å². The molecule has 7 atom stereocenters. The molecule has 2 heterocycles. The minimum absolute atomic E-state index is 0.321. The van der Waals surface area contributed by atoms with E-state index in [0.29, 0.717) is 22.8 Å². The topological polar surface area (TPSA) is 79.2 Å². The largest absolute Gasteiger partial charge is 0.387 e. The maximum absolute atomic E-state index is 10.5. The van der Waals surface area contributed by atoms with Crippen molar-refractivity contribution in [3.05, 3.63) is 69.7 Å². The molecule has 0 radical (unpaired) electrons. The molecule has 0 bridgehead atoms. The summed E-state index contributed by atoms with van der Waals surface area (Å²) in [7, 11) is 0. The van der Waals surface area contributed by atoms with Crippen LogP contribution in [0.25, 0.3) is 0 Å². The molecule has 3 N–H and O–H groups in total. The fourth-order valence-corrected chi connectivity index (χ4v) is 6.14. The minimum Gasteiger partial charge on any atom is -0.387 e. The zero-order valence-electron chi connectivity index (χ0n) is 18.0. The first-order valence-corrected chi connectivity index (χ1v) is 12.8. The zero-order valence-corrected chi connectivity index (χ0v) is 19.6. The first-order valence-electron chi connectivity index (χ1n) is 11.1. The Morgan fingerprint density at radius 1 is 1.06 bits per heavy atom. The van der Waals surface area contributed by atoms with Crippen LogP contribution in [0.3, 0.4) is 0 Å². The van der Waals surface area contributed by atoms with Gasteiger partial charge in [-0.05, 0) is 59.8 Å². The molecule has 32 heavy (non-hydrogen) atoms. The van der Waals surface area contributed by atoms with Gasteiger partial charge in [0.25, 0.3) is 0 Å². The van der Waals surface area contributed by atoms with Gasteiger partial charge in [0.2, 0.25) is 0 Å². The Morgan fingerprint density at radius 2 is 1.84 bits per heavy atom. The van der Waals surface area contributed by atoms with Gasteiger partial charge in [-0.2, -0.15) is 0 Å². The minimum atomic E-state index is -1.27. The van der Waals surface area contributed by atoms with Crippen LogP contribution >= 0.6 is 23.4 Å². The van der Waals surface area contributed by atoms with E-state index in [1.54, 1.807) is 12.3 Å². The van der Waals surface area contributed by atoms with E-state index in [1.807, 2.05) is 12.1 Å². The Bertz CT molecular complexity index is 967. The molecule has 2 aromatic rings. The molecule has 5 nitrogen and oxygen atoms in total. The van der Waals surface area contributed by atoms with E-state index in [4.69, 9.17) is 21.1 Å². The van der Waals surface area contributed by atoms with Gasteiger partial charge in [-0.3, -0.25) is 0 Å². The van der Waals surface area contributed by atoms with Crippen molar-refractivity contribution in [3.63, 3.8) is 0 Å². The summed E-state index contributed by atoms with van der Waals surface area (Å²) in [4.78, 5) is 0. The maximum Gasteiger partial charge on any atom is 0.132 e. The second-order valence-corrected chi connectivity index (χ2v) is 10.6. The molecule has 7 heteroatoms. The molecule has 3 aliphatic rings. The molecule has 0 spiro atoms. The van der Waals surface area contributed by atoms with Gasteiger partial charge in [0, 0.05) is 17.0 Å². The first kappa shape index (κ1) is 22.7. The fraction of sp³-hybridized carbons (Fsp3) is 0.520. The van der Waals surface area contributed by atoms with Gasteiger partial charge in [0.15, 0.2) is 0 Å². The van der Waals surface area contributed by atoms with Crippen molar-refractivity contribution in [1.82, 2.24) is 0 Å². The molecule has 0 amide bonds. The van der Waals surface area contributed by atoms with Crippen molar-refractivity contribution in [3.8, 4) is 0 Å². The number of aliphatic hydroxyl groups is 3. The summed E-state index contributed by atoms with van der Waals surface area (Å²) in [5, 5.41) is 31.6. The van der Waals surface area contributed by atoms with Gasteiger partial charge in [0.05, 0.1) is 6.61 Å². The Balaban J connectivity index is 1.34. The number of benzene rings is 2. The van der Waals surface area contributed by atoms with Crippen LogP contribution in [0, 0.1) is 5.92 Å². The van der Waals surface area contributed by atoms with Crippen LogP contribution < -0.4 is 0 Å². The lowest BCUT2D eigenvalue weighted by Gasteiger charge is -2.40. The van der Waals surface area contributed by atoms with E-state index in [0.717, 1.165) is 36.3 Å². The highest BCUT2D eigenvalue weighted by Crippen LogP contribution is 2.58. The quantitative estimate of drug-likeness (QED) is 0.613. The highest BCUT2D eigenvalue weighted by Gasteiger charge is 2.56. The van der Waals surface area contributed by atoms with Crippen LogP contribution in [-0.4, -0.2) is 58.5 Å². The third-order valence-corrected chi connectivity index (χ3v) is 8.59. The van der Waals surface area contributed by atoms with E-state index >= 15 is 0 Å². The fourth-order valence-electron chi connectivity index (χ4n) is 5.28. The molecule has 5 rings (SSSR count). The van der Waals surface area contributed by atoms with E-state index in [1.165, 1.54) is 23.7 Å². The van der Waals surface area contributed by atoms with Crippen LogP contribution in [0.5, 0.6) is 0 Å². The van der Waals surface area contributed by atoms with Gasteiger partial charge < -0.3 is 24.8 Å². The molecule has 2 aliphatic heterocycles. The number of hydrogen-bond acceptors (Lipinski definition) is 6. The number of rotatable bonds is 5. The van der Waals surface area contributed by atoms with Crippen molar-refractivity contribution in [1.29, 1.82) is 0 Å². The number of hydrogen-bond donors (Lipinski definition) is 3. The number of aliphatic hydroxyl groups excluding tert-OH is 3. The predicted octanol–water partition coefficient (Wildman–Crippen LogP) is 3.45. The maximum atomic E-state index is 10.5. The second-order valence-electron chi connectivity index (χ2n) is 9.24. The third-order valence-electron chi connectivity index (χ3n) is 7.37. The van der Waals surface area contributed by atoms with Crippen LogP contribution in [-0.2, 0) is 21.3 Å². The summed E-state index contributed by atoms with van der Waals surface area (Å²) >= 11 is 7.81. The van der Waals surface area contributed by atoms with Crippen molar-refractivity contribution in [2.24, 2.45) is 5.92 Å². The molecule has 2 saturated heterocycles. The lowest BCUT2D eigenvalue weighted by Crippen LogP contribution is -2.52. The van der Waals surface area contributed by atoms with Gasteiger partial charge >= 0.3 is 0 Å². The van der Waals surface area contributed by atoms with Crippen LogP contribution in [0.15, 0.2) is 42.5 Å². The number of halogens is 1. The van der Waals surface area contributed by atoms with Gasteiger partial charge in [-0.15, -0.1) is 11.8 Å². The first-order chi connectivity index (χ1) is 15.4. The Hall–Kier alpha value is -1.12. The zero-order chi connectivity index (χ0) is 22.5. The standard InChI is InChI=1S/C25H29ClO5S/c1-32-24-22(29)20(27)21(28)23(31-24)15-4-7-19(26)16(11-15)10-14-2-5-17(6-3-14)25-8-9-30-13-18(25)12-25/h2-7,11,18,20-24,27-29H,8-10,12-13H2,1H3/t18?,20-,21-,22+,23?,24-,25-/m1/s1. The second kappa shape index (κ2) is 8.91. The molecule has 2 unspecified atom stereocenters. The van der Waals surface area contributed by atoms with Gasteiger partial charge in [0.1, 0.15) is 29.9 Å². The number of fused-ring (bicyclic) bond motifs is 1. The lowest BCUT2D eigenvalue weighted by atomic mass is 9.88. The normalized spacial score (nSPS) is 36.5. The molecule has 1 saturated carbocycles.